The molecule has 1 fully saturated rings. The van der Waals surface area contributed by atoms with Gasteiger partial charge in [0.05, 0.1) is 17.4 Å². The van der Waals surface area contributed by atoms with E-state index in [2.05, 4.69) is 25.7 Å². The molecule has 114 valence electrons. The molecule has 1 atom stereocenters. The molecule has 8 nitrogen and oxygen atoms in total. The van der Waals surface area contributed by atoms with Gasteiger partial charge in [-0.2, -0.15) is 5.26 Å². The third-order valence-electron chi connectivity index (χ3n) is 3.75. The maximum Gasteiger partial charge on any atom is 0.225 e. The number of amides is 1. The third-order valence-corrected chi connectivity index (χ3v) is 3.75. The van der Waals surface area contributed by atoms with Gasteiger partial charge in [0.15, 0.2) is 5.82 Å². The molecule has 0 bridgehead atoms. The molecule has 1 aliphatic heterocycles. The van der Waals surface area contributed by atoms with Crippen LogP contribution in [-0.2, 0) is 4.79 Å². The van der Waals surface area contributed by atoms with Gasteiger partial charge in [-0.3, -0.25) is 4.79 Å². The fraction of sp³-hybridized carbons (Fsp3) is 0.429. The second kappa shape index (κ2) is 6.41. The molecule has 3 heterocycles. The number of H-pyrrole nitrogens is 1. The van der Waals surface area contributed by atoms with Crippen molar-refractivity contribution in [3.8, 4) is 6.07 Å². The Morgan fingerprint density at radius 1 is 1.55 bits per heavy atom. The minimum atomic E-state index is -0.113. The van der Waals surface area contributed by atoms with Crippen LogP contribution in [0.4, 0.5) is 5.82 Å². The number of hydrogen-bond donors (Lipinski definition) is 3. The van der Waals surface area contributed by atoms with E-state index in [-0.39, 0.29) is 18.4 Å². The minimum Gasteiger partial charge on any atom is -0.346 e. The van der Waals surface area contributed by atoms with E-state index in [4.69, 9.17) is 5.26 Å². The van der Waals surface area contributed by atoms with Gasteiger partial charge in [-0.1, -0.05) is 0 Å². The van der Waals surface area contributed by atoms with Crippen molar-refractivity contribution in [2.24, 2.45) is 5.92 Å². The lowest BCUT2D eigenvalue weighted by Crippen LogP contribution is -2.45. The molecule has 1 aliphatic rings. The zero-order valence-corrected chi connectivity index (χ0v) is 12.0. The number of hydrazine groups is 1. The first-order valence-corrected chi connectivity index (χ1v) is 7.22. The van der Waals surface area contributed by atoms with E-state index < -0.39 is 0 Å². The lowest BCUT2D eigenvalue weighted by atomic mass is 9.98. The number of rotatable bonds is 4. The van der Waals surface area contributed by atoms with E-state index in [9.17, 15) is 4.79 Å². The maximum atomic E-state index is 12.0. The van der Waals surface area contributed by atoms with Gasteiger partial charge in [-0.15, -0.1) is 0 Å². The first kappa shape index (κ1) is 14.3. The summed E-state index contributed by atoms with van der Waals surface area (Å²) in [5.41, 5.74) is 4.04. The number of nitrogens with zero attached hydrogens (tertiary/aromatic N) is 4. The van der Waals surface area contributed by atoms with Crippen molar-refractivity contribution in [1.29, 1.82) is 5.26 Å². The van der Waals surface area contributed by atoms with Crippen LogP contribution < -0.4 is 10.7 Å². The number of aromatic nitrogens is 3. The number of aromatic amines is 1. The summed E-state index contributed by atoms with van der Waals surface area (Å²) in [6.45, 7) is 1.49. The number of nitrogens with one attached hydrogen (secondary N) is 3. The predicted molar refractivity (Wildman–Crippen MR) is 80.4 cm³/mol. The summed E-state index contributed by atoms with van der Waals surface area (Å²) in [7, 11) is 0. The minimum absolute atomic E-state index is 0.0542. The van der Waals surface area contributed by atoms with E-state index in [0.29, 0.717) is 6.54 Å². The highest BCUT2D eigenvalue weighted by atomic mass is 16.1. The van der Waals surface area contributed by atoms with Gasteiger partial charge in [0.2, 0.25) is 5.91 Å². The summed E-state index contributed by atoms with van der Waals surface area (Å²) < 4.78 is 0. The molecule has 2 aromatic heterocycles. The summed E-state index contributed by atoms with van der Waals surface area (Å²) in [5.74, 6) is 0.546. The van der Waals surface area contributed by atoms with Crippen molar-refractivity contribution in [2.45, 2.75) is 12.8 Å². The molecule has 3 rings (SSSR count). The fourth-order valence-corrected chi connectivity index (χ4v) is 2.67. The average Bonchev–Trinajstić information content (AvgIpc) is 3.02. The van der Waals surface area contributed by atoms with E-state index in [1.165, 1.54) is 6.33 Å². The van der Waals surface area contributed by atoms with Gasteiger partial charge in [-0.05, 0) is 18.9 Å². The Kier molecular flexibility index (Phi) is 4.16. The van der Waals surface area contributed by atoms with Gasteiger partial charge >= 0.3 is 0 Å². The molecule has 1 unspecified atom stereocenters. The van der Waals surface area contributed by atoms with Crippen LogP contribution >= 0.6 is 0 Å². The first-order valence-electron chi connectivity index (χ1n) is 7.22. The van der Waals surface area contributed by atoms with Crippen LogP contribution in [0.25, 0.3) is 11.0 Å². The molecular formula is C14H17N7O. The van der Waals surface area contributed by atoms with Crippen molar-refractivity contribution in [2.75, 3.05) is 25.1 Å². The number of anilines is 1. The summed E-state index contributed by atoms with van der Waals surface area (Å²) >= 11 is 0. The standard InChI is InChI=1S/C14H17N7O/c15-4-6-17-14(22)10-2-1-7-21(8-10)20-13-11-3-5-16-12(11)18-9-19-13/h3,5,9-10H,1-2,6-8H2,(H,17,22)(H2,16,18,19,20). The lowest BCUT2D eigenvalue weighted by Gasteiger charge is -2.32. The van der Waals surface area contributed by atoms with Gasteiger partial charge in [-0.25, -0.2) is 15.0 Å². The van der Waals surface area contributed by atoms with Gasteiger partial charge in [0, 0.05) is 19.3 Å². The van der Waals surface area contributed by atoms with Crippen molar-refractivity contribution in [3.63, 3.8) is 0 Å². The Morgan fingerprint density at radius 3 is 3.32 bits per heavy atom. The van der Waals surface area contributed by atoms with Crippen LogP contribution in [0.1, 0.15) is 12.8 Å². The van der Waals surface area contributed by atoms with Gasteiger partial charge in [0.1, 0.15) is 18.5 Å². The number of piperidine rings is 1. The van der Waals surface area contributed by atoms with E-state index >= 15 is 0 Å². The van der Waals surface area contributed by atoms with Crippen LogP contribution in [0.3, 0.4) is 0 Å². The van der Waals surface area contributed by atoms with Gasteiger partial charge in [0.25, 0.3) is 0 Å². The molecule has 1 amide bonds. The van der Waals surface area contributed by atoms with Crippen molar-refractivity contribution >= 4 is 22.8 Å². The topological polar surface area (TPSA) is 110 Å². The molecule has 8 heteroatoms. The monoisotopic (exact) mass is 299 g/mol. The SMILES string of the molecule is N#CCNC(=O)C1CCCN(Nc2ncnc3[nH]ccc23)C1. The van der Waals surface area contributed by atoms with Crippen LogP contribution in [0.15, 0.2) is 18.6 Å². The average molecular weight is 299 g/mol. The summed E-state index contributed by atoms with van der Waals surface area (Å²) in [6.07, 6.45) is 5.07. The van der Waals surface area contributed by atoms with Crippen molar-refractivity contribution < 1.29 is 4.79 Å². The largest absolute Gasteiger partial charge is 0.346 e. The van der Waals surface area contributed by atoms with Crippen molar-refractivity contribution in [1.82, 2.24) is 25.3 Å². The summed E-state index contributed by atoms with van der Waals surface area (Å²) in [6, 6.07) is 3.84. The number of fused-ring (bicyclic) bond motifs is 1. The van der Waals surface area contributed by atoms with Crippen LogP contribution in [0, 0.1) is 17.2 Å². The number of nitriles is 1. The van der Waals surface area contributed by atoms with Crippen LogP contribution in [0.2, 0.25) is 0 Å². The fourth-order valence-electron chi connectivity index (χ4n) is 2.67. The lowest BCUT2D eigenvalue weighted by molar-refractivity contribution is -0.126. The van der Waals surface area contributed by atoms with Crippen LogP contribution in [0.5, 0.6) is 0 Å². The molecular weight excluding hydrogens is 282 g/mol. The number of carbonyl (C=O) groups excluding carboxylic acids is 1. The third kappa shape index (κ3) is 2.99. The Balaban J connectivity index is 1.66. The molecule has 0 spiro atoms. The Bertz CT molecular complexity index is 705. The molecule has 0 saturated carbocycles. The second-order valence-corrected chi connectivity index (χ2v) is 5.24. The van der Waals surface area contributed by atoms with E-state index in [1.807, 2.05) is 23.3 Å². The highest BCUT2D eigenvalue weighted by molar-refractivity contribution is 5.86. The normalized spacial score (nSPS) is 18.8. The second-order valence-electron chi connectivity index (χ2n) is 5.24. The smallest absolute Gasteiger partial charge is 0.225 e. The predicted octanol–water partition coefficient (Wildman–Crippen LogP) is 0.637. The number of hydrogen-bond acceptors (Lipinski definition) is 6. The molecule has 0 radical (unpaired) electrons. The summed E-state index contributed by atoms with van der Waals surface area (Å²) in [5, 5.41) is 14.1. The molecule has 1 saturated heterocycles. The molecule has 2 aromatic rings. The Labute approximate surface area is 127 Å². The quantitative estimate of drug-likeness (QED) is 0.715. The highest BCUT2D eigenvalue weighted by Crippen LogP contribution is 2.21. The van der Waals surface area contributed by atoms with Gasteiger partial charge < -0.3 is 15.7 Å². The zero-order chi connectivity index (χ0) is 15.4. The van der Waals surface area contributed by atoms with Crippen molar-refractivity contribution in [3.05, 3.63) is 18.6 Å². The maximum absolute atomic E-state index is 12.0. The highest BCUT2D eigenvalue weighted by Gasteiger charge is 2.26. The zero-order valence-electron chi connectivity index (χ0n) is 12.0. The molecule has 22 heavy (non-hydrogen) atoms. The van der Waals surface area contributed by atoms with E-state index in [0.717, 1.165) is 36.2 Å². The summed E-state index contributed by atoms with van der Waals surface area (Å²) in [4.78, 5) is 23.4. The molecule has 3 N–H and O–H groups in total. The first-order chi connectivity index (χ1) is 10.8. The van der Waals surface area contributed by atoms with E-state index in [1.54, 1.807) is 0 Å². The Hall–Kier alpha value is -2.66. The van der Waals surface area contributed by atoms with Crippen LogP contribution in [-0.4, -0.2) is 45.5 Å². The molecule has 0 aliphatic carbocycles. The molecule has 0 aromatic carbocycles. The number of carbonyl (C=O) groups is 1. The Morgan fingerprint density at radius 2 is 2.45 bits per heavy atom.